The maximum absolute atomic E-state index is 12.8. The van der Waals surface area contributed by atoms with Gasteiger partial charge in [0.2, 0.25) is 0 Å². The third kappa shape index (κ3) is 2.54. The molecule has 17 heavy (non-hydrogen) atoms. The molecule has 0 aliphatic carbocycles. The molecule has 1 fully saturated rings. The van der Waals surface area contributed by atoms with Crippen LogP contribution in [0.3, 0.4) is 0 Å². The first-order valence-corrected chi connectivity index (χ1v) is 5.51. The molecule has 1 heterocycles. The van der Waals surface area contributed by atoms with Crippen molar-refractivity contribution in [3.8, 4) is 5.75 Å². The van der Waals surface area contributed by atoms with E-state index in [1.54, 1.807) is 6.07 Å². The van der Waals surface area contributed by atoms with Crippen LogP contribution in [-0.4, -0.2) is 13.7 Å². The van der Waals surface area contributed by atoms with E-state index in [2.05, 4.69) is 5.32 Å². The van der Waals surface area contributed by atoms with Crippen molar-refractivity contribution in [1.29, 1.82) is 0 Å². The van der Waals surface area contributed by atoms with Gasteiger partial charge in [-0.15, -0.1) is 0 Å². The summed E-state index contributed by atoms with van der Waals surface area (Å²) in [6, 6.07) is 4.29. The Bertz CT molecular complexity index is 397. The quantitative estimate of drug-likeness (QED) is 0.864. The van der Waals surface area contributed by atoms with Crippen molar-refractivity contribution >= 4 is 0 Å². The summed E-state index contributed by atoms with van der Waals surface area (Å²) in [5.41, 5.74) is -0.0261. The maximum Gasteiger partial charge on any atom is 0.419 e. The smallest absolute Gasteiger partial charge is 0.419 e. The molecule has 1 aromatic rings. The van der Waals surface area contributed by atoms with Crippen LogP contribution < -0.4 is 10.1 Å². The second kappa shape index (κ2) is 4.56. The second-order valence-electron chi connectivity index (χ2n) is 4.11. The molecule has 2 rings (SSSR count). The molecular weight excluding hydrogens is 231 g/mol. The van der Waals surface area contributed by atoms with Crippen molar-refractivity contribution in [2.45, 2.75) is 25.1 Å². The Balaban J connectivity index is 2.37. The molecule has 1 N–H and O–H groups in total. The number of methoxy groups -OCH3 is 1. The van der Waals surface area contributed by atoms with Gasteiger partial charge in [-0.2, -0.15) is 13.2 Å². The lowest BCUT2D eigenvalue weighted by molar-refractivity contribution is -0.138. The van der Waals surface area contributed by atoms with Gasteiger partial charge in [-0.1, -0.05) is 6.07 Å². The van der Waals surface area contributed by atoms with Crippen LogP contribution in [0.2, 0.25) is 0 Å². The molecule has 1 aromatic carbocycles. The lowest BCUT2D eigenvalue weighted by Gasteiger charge is -2.16. The summed E-state index contributed by atoms with van der Waals surface area (Å²) in [7, 11) is 1.25. The van der Waals surface area contributed by atoms with Gasteiger partial charge in [0.05, 0.1) is 12.7 Å². The van der Waals surface area contributed by atoms with Crippen molar-refractivity contribution in [1.82, 2.24) is 5.32 Å². The van der Waals surface area contributed by atoms with E-state index in [1.807, 2.05) is 0 Å². The Morgan fingerprint density at radius 1 is 1.35 bits per heavy atom. The highest BCUT2D eigenvalue weighted by Crippen LogP contribution is 2.38. The molecule has 1 unspecified atom stereocenters. The summed E-state index contributed by atoms with van der Waals surface area (Å²) >= 11 is 0. The number of ether oxygens (including phenoxy) is 1. The number of alkyl halides is 3. The van der Waals surface area contributed by atoms with Gasteiger partial charge in [0, 0.05) is 6.04 Å². The first-order valence-electron chi connectivity index (χ1n) is 5.51. The molecule has 1 saturated heterocycles. The van der Waals surface area contributed by atoms with Crippen molar-refractivity contribution in [3.05, 3.63) is 29.3 Å². The highest BCUT2D eigenvalue weighted by Gasteiger charge is 2.35. The van der Waals surface area contributed by atoms with Gasteiger partial charge < -0.3 is 10.1 Å². The minimum Gasteiger partial charge on any atom is -0.496 e. The molecule has 0 saturated carbocycles. The molecule has 0 aromatic heterocycles. The minimum absolute atomic E-state index is 0.0296. The lowest BCUT2D eigenvalue weighted by atomic mass is 10.0. The van der Waals surface area contributed by atoms with Gasteiger partial charge in [-0.05, 0) is 37.1 Å². The fourth-order valence-electron chi connectivity index (χ4n) is 2.13. The number of hydrogen-bond donors (Lipinski definition) is 1. The summed E-state index contributed by atoms with van der Waals surface area (Å²) < 4.78 is 43.2. The number of rotatable bonds is 2. The highest BCUT2D eigenvalue weighted by atomic mass is 19.4. The Labute approximate surface area is 97.8 Å². The largest absolute Gasteiger partial charge is 0.496 e. The van der Waals surface area contributed by atoms with Crippen molar-refractivity contribution in [3.63, 3.8) is 0 Å². The molecule has 0 amide bonds. The molecule has 1 aliphatic rings. The van der Waals surface area contributed by atoms with E-state index < -0.39 is 11.7 Å². The minimum atomic E-state index is -4.38. The second-order valence-corrected chi connectivity index (χ2v) is 4.11. The Morgan fingerprint density at radius 2 is 2.12 bits per heavy atom. The Morgan fingerprint density at radius 3 is 2.65 bits per heavy atom. The number of nitrogens with one attached hydrogen (secondary N) is 1. The van der Waals surface area contributed by atoms with Crippen LogP contribution in [0, 0.1) is 0 Å². The van der Waals surface area contributed by atoms with E-state index in [1.165, 1.54) is 19.2 Å². The summed E-state index contributed by atoms with van der Waals surface area (Å²) in [4.78, 5) is 0. The van der Waals surface area contributed by atoms with Crippen molar-refractivity contribution < 1.29 is 17.9 Å². The van der Waals surface area contributed by atoms with Crippen molar-refractivity contribution in [2.24, 2.45) is 0 Å². The van der Waals surface area contributed by atoms with Crippen LogP contribution >= 0.6 is 0 Å². The van der Waals surface area contributed by atoms with Crippen LogP contribution in [0.4, 0.5) is 13.2 Å². The Kier molecular flexibility index (Phi) is 3.28. The summed E-state index contributed by atoms with van der Waals surface area (Å²) in [5, 5.41) is 3.18. The summed E-state index contributed by atoms with van der Waals surface area (Å²) in [5.74, 6) is -0.126. The zero-order chi connectivity index (χ0) is 12.5. The number of benzene rings is 1. The summed E-state index contributed by atoms with van der Waals surface area (Å²) in [6.07, 6.45) is -2.50. The van der Waals surface area contributed by atoms with Gasteiger partial charge >= 0.3 is 6.18 Å². The molecule has 1 atom stereocenters. The molecule has 2 nitrogen and oxygen atoms in total. The van der Waals surface area contributed by atoms with E-state index in [4.69, 9.17) is 4.74 Å². The highest BCUT2D eigenvalue weighted by molar-refractivity contribution is 5.40. The molecular formula is C12H14F3NO. The van der Waals surface area contributed by atoms with Crippen LogP contribution in [0.15, 0.2) is 18.2 Å². The standard InChI is InChI=1S/C12H14F3NO/c1-17-11-5-4-8(10-3-2-6-16-10)7-9(11)12(13,14)15/h4-5,7,10,16H,2-3,6H2,1H3. The molecule has 0 radical (unpaired) electrons. The van der Waals surface area contributed by atoms with E-state index in [0.717, 1.165) is 19.4 Å². The van der Waals surface area contributed by atoms with Gasteiger partial charge in [-0.25, -0.2) is 0 Å². The van der Waals surface area contributed by atoms with Gasteiger partial charge in [0.25, 0.3) is 0 Å². The molecule has 0 bridgehead atoms. The first-order chi connectivity index (χ1) is 8.02. The molecule has 5 heteroatoms. The average molecular weight is 245 g/mol. The van der Waals surface area contributed by atoms with Gasteiger partial charge in [0.15, 0.2) is 0 Å². The average Bonchev–Trinajstić information content (AvgIpc) is 2.80. The molecule has 0 spiro atoms. The molecule has 1 aliphatic heterocycles. The monoisotopic (exact) mass is 245 g/mol. The third-order valence-electron chi connectivity index (χ3n) is 2.99. The van der Waals surface area contributed by atoms with E-state index in [0.29, 0.717) is 5.56 Å². The van der Waals surface area contributed by atoms with Crippen molar-refractivity contribution in [2.75, 3.05) is 13.7 Å². The van der Waals surface area contributed by atoms with Crippen LogP contribution in [0.25, 0.3) is 0 Å². The summed E-state index contributed by atoms with van der Waals surface area (Å²) in [6.45, 7) is 0.859. The maximum atomic E-state index is 12.8. The predicted octanol–water partition coefficient (Wildman–Crippen LogP) is 3.14. The number of halogens is 3. The van der Waals surface area contributed by atoms with Crippen LogP contribution in [0.1, 0.15) is 30.0 Å². The van der Waals surface area contributed by atoms with Gasteiger partial charge in [0.1, 0.15) is 5.75 Å². The van der Waals surface area contributed by atoms with E-state index in [9.17, 15) is 13.2 Å². The normalized spacial score (nSPS) is 20.6. The van der Waals surface area contributed by atoms with Crippen LogP contribution in [-0.2, 0) is 6.18 Å². The third-order valence-corrected chi connectivity index (χ3v) is 2.99. The zero-order valence-electron chi connectivity index (χ0n) is 9.47. The van der Waals surface area contributed by atoms with E-state index in [-0.39, 0.29) is 11.8 Å². The fourth-order valence-corrected chi connectivity index (χ4v) is 2.13. The SMILES string of the molecule is COc1ccc(C2CCCN2)cc1C(F)(F)F. The van der Waals surface area contributed by atoms with Gasteiger partial charge in [-0.3, -0.25) is 0 Å². The fraction of sp³-hybridized carbons (Fsp3) is 0.500. The zero-order valence-corrected chi connectivity index (χ0v) is 9.47. The topological polar surface area (TPSA) is 21.3 Å². The predicted molar refractivity (Wildman–Crippen MR) is 58.0 cm³/mol. The molecule has 94 valence electrons. The van der Waals surface area contributed by atoms with Crippen LogP contribution in [0.5, 0.6) is 5.75 Å². The number of hydrogen-bond acceptors (Lipinski definition) is 2. The lowest BCUT2D eigenvalue weighted by Crippen LogP contribution is -2.15. The Hall–Kier alpha value is -1.23. The van der Waals surface area contributed by atoms with E-state index >= 15 is 0 Å². The first kappa shape index (κ1) is 12.2.